The van der Waals surface area contributed by atoms with Gasteiger partial charge in [-0.25, -0.2) is 0 Å². The van der Waals surface area contributed by atoms with Crippen molar-refractivity contribution in [3.05, 3.63) is 58.3 Å². The van der Waals surface area contributed by atoms with Crippen molar-refractivity contribution < 1.29 is 5.11 Å². The van der Waals surface area contributed by atoms with Gasteiger partial charge in [0.25, 0.3) is 0 Å². The first-order valence-corrected chi connectivity index (χ1v) is 8.30. The summed E-state index contributed by atoms with van der Waals surface area (Å²) in [5.41, 5.74) is 1.41. The molecule has 0 aromatic heterocycles. The second-order valence-corrected chi connectivity index (χ2v) is 7.07. The van der Waals surface area contributed by atoms with E-state index >= 15 is 0 Å². The molecule has 0 spiro atoms. The summed E-state index contributed by atoms with van der Waals surface area (Å²) < 4.78 is 0.458. The molecule has 1 nitrogen and oxygen atoms in total. The summed E-state index contributed by atoms with van der Waals surface area (Å²) >= 11 is 3.82. The van der Waals surface area contributed by atoms with Crippen molar-refractivity contribution in [3.63, 3.8) is 0 Å². The van der Waals surface area contributed by atoms with Crippen molar-refractivity contribution in [1.29, 1.82) is 0 Å². The third kappa shape index (κ3) is 2.83. The number of thioether (sulfide) groups is 2. The van der Waals surface area contributed by atoms with Crippen LogP contribution in [0.25, 0.3) is 10.8 Å². The van der Waals surface area contributed by atoms with Crippen LogP contribution in [0.3, 0.4) is 0 Å². The number of hydrogen-bond donors (Lipinski definition) is 1. The Morgan fingerprint density at radius 3 is 2.79 bits per heavy atom. The minimum Gasteiger partial charge on any atom is -0.396 e. The Hall–Kier alpha value is -0.900. The van der Waals surface area contributed by atoms with Gasteiger partial charge < -0.3 is 5.11 Å². The SMILES string of the molecule is OCCCC1=CSC(c2cccc3ccccc23)S1. The molecular formula is C16H16OS2. The summed E-state index contributed by atoms with van der Waals surface area (Å²) in [6, 6.07) is 15.1. The van der Waals surface area contributed by atoms with E-state index in [1.54, 1.807) is 0 Å². The van der Waals surface area contributed by atoms with E-state index in [0.717, 1.165) is 12.8 Å². The van der Waals surface area contributed by atoms with E-state index in [-0.39, 0.29) is 6.61 Å². The maximum atomic E-state index is 8.91. The third-order valence-corrected chi connectivity index (χ3v) is 6.03. The standard InChI is InChI=1S/C16H16OS2/c17-10-4-7-13-11-18-16(19-13)15-9-3-6-12-5-1-2-8-14(12)15/h1-3,5-6,8-9,11,16-17H,4,7,10H2. The van der Waals surface area contributed by atoms with E-state index in [1.165, 1.54) is 21.2 Å². The van der Waals surface area contributed by atoms with Gasteiger partial charge in [0.2, 0.25) is 0 Å². The quantitative estimate of drug-likeness (QED) is 0.861. The Morgan fingerprint density at radius 2 is 1.89 bits per heavy atom. The van der Waals surface area contributed by atoms with Crippen molar-refractivity contribution in [1.82, 2.24) is 0 Å². The van der Waals surface area contributed by atoms with E-state index in [0.29, 0.717) is 4.58 Å². The maximum Gasteiger partial charge on any atom is 0.0842 e. The van der Waals surface area contributed by atoms with Gasteiger partial charge in [0.1, 0.15) is 0 Å². The summed E-state index contributed by atoms with van der Waals surface area (Å²) in [5, 5.41) is 13.8. The second kappa shape index (κ2) is 6.04. The zero-order valence-corrected chi connectivity index (χ0v) is 12.2. The Morgan fingerprint density at radius 1 is 1.05 bits per heavy atom. The molecule has 0 radical (unpaired) electrons. The lowest BCUT2D eigenvalue weighted by atomic mass is 10.1. The van der Waals surface area contributed by atoms with Gasteiger partial charge in [0.05, 0.1) is 4.58 Å². The highest BCUT2D eigenvalue weighted by Crippen LogP contribution is 2.53. The van der Waals surface area contributed by atoms with Gasteiger partial charge in [0.15, 0.2) is 0 Å². The molecule has 19 heavy (non-hydrogen) atoms. The fourth-order valence-electron chi connectivity index (χ4n) is 2.29. The number of rotatable bonds is 4. The lowest BCUT2D eigenvalue weighted by Gasteiger charge is -2.12. The predicted octanol–water partition coefficient (Wildman–Crippen LogP) is 4.93. The monoisotopic (exact) mass is 288 g/mol. The molecular weight excluding hydrogens is 272 g/mol. The molecule has 2 aromatic carbocycles. The highest BCUT2D eigenvalue weighted by molar-refractivity contribution is 8.22. The van der Waals surface area contributed by atoms with Crippen LogP contribution in [0, 0.1) is 0 Å². The van der Waals surface area contributed by atoms with E-state index in [2.05, 4.69) is 47.9 Å². The molecule has 0 aliphatic carbocycles. The van der Waals surface area contributed by atoms with Crippen molar-refractivity contribution in [2.24, 2.45) is 0 Å². The molecule has 1 aliphatic rings. The van der Waals surface area contributed by atoms with E-state index in [4.69, 9.17) is 5.11 Å². The van der Waals surface area contributed by atoms with E-state index in [1.807, 2.05) is 23.5 Å². The average molecular weight is 288 g/mol. The molecule has 3 heteroatoms. The van der Waals surface area contributed by atoms with Crippen LogP contribution in [0.15, 0.2) is 52.8 Å². The van der Waals surface area contributed by atoms with Crippen LogP contribution < -0.4 is 0 Å². The highest BCUT2D eigenvalue weighted by Gasteiger charge is 2.21. The highest BCUT2D eigenvalue weighted by atomic mass is 32.2. The Kier molecular flexibility index (Phi) is 4.16. The van der Waals surface area contributed by atoms with Crippen molar-refractivity contribution in [2.45, 2.75) is 17.4 Å². The normalized spacial score (nSPS) is 18.8. The molecule has 1 aliphatic heterocycles. The number of allylic oxidation sites excluding steroid dienone is 1. The Bertz CT molecular complexity index is 601. The van der Waals surface area contributed by atoms with E-state index in [9.17, 15) is 0 Å². The number of aliphatic hydroxyl groups excluding tert-OH is 1. The van der Waals surface area contributed by atoms with Gasteiger partial charge in [-0.3, -0.25) is 0 Å². The average Bonchev–Trinajstić information content (AvgIpc) is 2.93. The molecule has 0 amide bonds. The molecule has 1 heterocycles. The summed E-state index contributed by atoms with van der Waals surface area (Å²) in [4.78, 5) is 1.40. The number of fused-ring (bicyclic) bond motifs is 1. The number of aliphatic hydroxyl groups is 1. The van der Waals surface area contributed by atoms with Crippen LogP contribution >= 0.6 is 23.5 Å². The van der Waals surface area contributed by atoms with Gasteiger partial charge in [-0.2, -0.15) is 0 Å². The van der Waals surface area contributed by atoms with Crippen LogP contribution in [-0.2, 0) is 0 Å². The smallest absolute Gasteiger partial charge is 0.0842 e. The molecule has 0 saturated carbocycles. The molecule has 2 aromatic rings. The van der Waals surface area contributed by atoms with Gasteiger partial charge in [-0.05, 0) is 39.5 Å². The molecule has 98 valence electrons. The molecule has 0 fully saturated rings. The molecule has 3 rings (SSSR count). The predicted molar refractivity (Wildman–Crippen MR) is 86.3 cm³/mol. The molecule has 1 N–H and O–H groups in total. The molecule has 0 saturated heterocycles. The van der Waals surface area contributed by atoms with Crippen LogP contribution in [0.4, 0.5) is 0 Å². The van der Waals surface area contributed by atoms with Crippen molar-refractivity contribution in [3.8, 4) is 0 Å². The topological polar surface area (TPSA) is 20.2 Å². The first-order chi connectivity index (χ1) is 9.38. The number of hydrogen-bond acceptors (Lipinski definition) is 3. The summed E-state index contributed by atoms with van der Waals surface area (Å²) in [5.74, 6) is 0. The number of benzene rings is 2. The third-order valence-electron chi connectivity index (χ3n) is 3.24. The molecule has 0 bridgehead atoms. The van der Waals surface area contributed by atoms with E-state index < -0.39 is 0 Å². The minimum absolute atomic E-state index is 0.279. The maximum absolute atomic E-state index is 8.91. The van der Waals surface area contributed by atoms with Crippen molar-refractivity contribution >= 4 is 34.3 Å². The second-order valence-electron chi connectivity index (χ2n) is 4.57. The lowest BCUT2D eigenvalue weighted by molar-refractivity contribution is 0.289. The van der Waals surface area contributed by atoms with Gasteiger partial charge in [-0.1, -0.05) is 42.5 Å². The Balaban J connectivity index is 1.83. The largest absolute Gasteiger partial charge is 0.396 e. The van der Waals surface area contributed by atoms with Crippen molar-refractivity contribution in [2.75, 3.05) is 6.61 Å². The zero-order valence-electron chi connectivity index (χ0n) is 10.6. The fraction of sp³-hybridized carbons (Fsp3) is 0.250. The fourth-order valence-corrected chi connectivity index (χ4v) is 5.06. The summed E-state index contributed by atoms with van der Waals surface area (Å²) in [6.45, 7) is 0.279. The molecule has 1 atom stereocenters. The van der Waals surface area contributed by atoms with Gasteiger partial charge in [0, 0.05) is 6.61 Å². The summed E-state index contributed by atoms with van der Waals surface area (Å²) in [6.07, 6.45) is 1.86. The van der Waals surface area contributed by atoms with Crippen LogP contribution in [0.5, 0.6) is 0 Å². The Labute approximate surface area is 122 Å². The van der Waals surface area contributed by atoms with Crippen LogP contribution in [-0.4, -0.2) is 11.7 Å². The zero-order chi connectivity index (χ0) is 13.1. The first-order valence-electron chi connectivity index (χ1n) is 6.48. The summed E-state index contributed by atoms with van der Waals surface area (Å²) in [7, 11) is 0. The molecule has 1 unspecified atom stereocenters. The van der Waals surface area contributed by atoms with Gasteiger partial charge >= 0.3 is 0 Å². The van der Waals surface area contributed by atoms with Crippen LogP contribution in [0.1, 0.15) is 23.0 Å². The minimum atomic E-state index is 0.279. The van der Waals surface area contributed by atoms with Crippen LogP contribution in [0.2, 0.25) is 0 Å². The van der Waals surface area contributed by atoms with Gasteiger partial charge in [-0.15, -0.1) is 23.5 Å². The lowest BCUT2D eigenvalue weighted by Crippen LogP contribution is -1.88. The first kappa shape index (κ1) is 13.1.